The van der Waals surface area contributed by atoms with Gasteiger partial charge >= 0.3 is 0 Å². The predicted octanol–water partition coefficient (Wildman–Crippen LogP) is 1.70. The standard InChI is InChI=1S/C14H25NO3S/c1-4-18-14(7-5-6-8-14)13(16)15-9-11(2)19(17)12(3)10-15/h11-12H,4-10H2,1-3H3. The van der Waals surface area contributed by atoms with Crippen molar-refractivity contribution in [1.29, 1.82) is 0 Å². The van der Waals surface area contributed by atoms with Crippen LogP contribution in [0.5, 0.6) is 0 Å². The number of nitrogens with zero attached hydrogens (tertiary/aromatic N) is 1. The third kappa shape index (κ3) is 2.87. The lowest BCUT2D eigenvalue weighted by Gasteiger charge is -2.39. The molecule has 2 atom stereocenters. The number of carbonyl (C=O) groups is 1. The van der Waals surface area contributed by atoms with Crippen molar-refractivity contribution in [2.45, 2.75) is 62.6 Å². The first kappa shape index (κ1) is 15.0. The predicted molar refractivity (Wildman–Crippen MR) is 76.5 cm³/mol. The molecule has 5 heteroatoms. The average molecular weight is 287 g/mol. The number of carbonyl (C=O) groups excluding carboxylic acids is 1. The van der Waals surface area contributed by atoms with Crippen molar-refractivity contribution >= 4 is 16.7 Å². The molecule has 4 nitrogen and oxygen atoms in total. The Morgan fingerprint density at radius 3 is 2.26 bits per heavy atom. The highest BCUT2D eigenvalue weighted by molar-refractivity contribution is 7.86. The van der Waals surface area contributed by atoms with Crippen molar-refractivity contribution in [3.63, 3.8) is 0 Å². The van der Waals surface area contributed by atoms with Crippen LogP contribution >= 0.6 is 0 Å². The van der Waals surface area contributed by atoms with E-state index in [0.717, 1.165) is 25.7 Å². The third-order valence-corrected chi connectivity index (χ3v) is 6.14. The van der Waals surface area contributed by atoms with Gasteiger partial charge < -0.3 is 9.64 Å². The van der Waals surface area contributed by atoms with Gasteiger partial charge in [0.25, 0.3) is 5.91 Å². The fourth-order valence-electron chi connectivity index (χ4n) is 3.34. The topological polar surface area (TPSA) is 46.6 Å². The zero-order valence-electron chi connectivity index (χ0n) is 12.2. The summed E-state index contributed by atoms with van der Waals surface area (Å²) >= 11 is 0. The van der Waals surface area contributed by atoms with Crippen LogP contribution in [0.15, 0.2) is 0 Å². The maximum Gasteiger partial charge on any atom is 0.254 e. The Kier molecular flexibility index (Phi) is 4.66. The van der Waals surface area contributed by atoms with E-state index < -0.39 is 16.4 Å². The lowest BCUT2D eigenvalue weighted by molar-refractivity contribution is -0.157. The Hall–Kier alpha value is -0.420. The summed E-state index contributed by atoms with van der Waals surface area (Å²) in [6, 6.07) is 0. The van der Waals surface area contributed by atoms with E-state index in [-0.39, 0.29) is 16.4 Å². The van der Waals surface area contributed by atoms with E-state index in [1.54, 1.807) is 0 Å². The van der Waals surface area contributed by atoms with Gasteiger partial charge in [-0.15, -0.1) is 0 Å². The first-order valence-electron chi connectivity index (χ1n) is 7.33. The van der Waals surface area contributed by atoms with Gasteiger partial charge in [0.15, 0.2) is 0 Å². The summed E-state index contributed by atoms with van der Waals surface area (Å²) < 4.78 is 17.8. The highest BCUT2D eigenvalue weighted by Gasteiger charge is 2.46. The van der Waals surface area contributed by atoms with Gasteiger partial charge in [0.2, 0.25) is 0 Å². The molecule has 0 aromatic heterocycles. The number of hydrogen-bond donors (Lipinski definition) is 0. The molecule has 0 N–H and O–H groups in total. The normalized spacial score (nSPS) is 34.5. The van der Waals surface area contributed by atoms with Crippen LogP contribution in [-0.2, 0) is 20.3 Å². The average Bonchev–Trinajstić information content (AvgIpc) is 2.84. The number of rotatable bonds is 3. The fraction of sp³-hybridized carbons (Fsp3) is 0.929. The van der Waals surface area contributed by atoms with Crippen LogP contribution in [-0.4, -0.2) is 50.8 Å². The van der Waals surface area contributed by atoms with Gasteiger partial charge in [0, 0.05) is 41.0 Å². The lowest BCUT2D eigenvalue weighted by atomic mass is 9.99. The zero-order chi connectivity index (χ0) is 14.0. The van der Waals surface area contributed by atoms with Crippen molar-refractivity contribution in [2.24, 2.45) is 0 Å². The quantitative estimate of drug-likeness (QED) is 0.794. The number of amides is 1. The minimum atomic E-state index is -0.820. The van der Waals surface area contributed by atoms with Crippen molar-refractivity contribution < 1.29 is 13.7 Å². The fourth-order valence-corrected chi connectivity index (χ4v) is 4.78. The Labute approximate surface area is 118 Å². The molecule has 0 radical (unpaired) electrons. The summed E-state index contributed by atoms with van der Waals surface area (Å²) in [5, 5.41) is 0.126. The van der Waals surface area contributed by atoms with Crippen LogP contribution in [0.2, 0.25) is 0 Å². The van der Waals surface area contributed by atoms with Crippen LogP contribution in [0.1, 0.15) is 46.5 Å². The summed E-state index contributed by atoms with van der Waals surface area (Å²) in [5.41, 5.74) is -0.590. The second-order valence-electron chi connectivity index (χ2n) is 5.79. The van der Waals surface area contributed by atoms with Gasteiger partial charge in [-0.1, -0.05) is 0 Å². The molecule has 19 heavy (non-hydrogen) atoms. The molecule has 1 amide bonds. The highest BCUT2D eigenvalue weighted by atomic mass is 32.2. The first-order chi connectivity index (χ1) is 9.00. The maximum atomic E-state index is 12.8. The van der Waals surface area contributed by atoms with E-state index >= 15 is 0 Å². The maximum absolute atomic E-state index is 12.8. The molecule has 1 aliphatic carbocycles. The summed E-state index contributed by atoms with van der Waals surface area (Å²) in [7, 11) is -0.820. The lowest BCUT2D eigenvalue weighted by Crippen LogP contribution is -2.56. The molecule has 1 saturated carbocycles. The molecule has 1 saturated heterocycles. The number of hydrogen-bond acceptors (Lipinski definition) is 3. The van der Waals surface area contributed by atoms with Gasteiger partial charge in [-0.05, 0) is 46.5 Å². The monoisotopic (exact) mass is 287 g/mol. The van der Waals surface area contributed by atoms with Gasteiger partial charge in [-0.25, -0.2) is 0 Å². The van der Waals surface area contributed by atoms with E-state index in [1.165, 1.54) is 0 Å². The van der Waals surface area contributed by atoms with Crippen LogP contribution < -0.4 is 0 Å². The van der Waals surface area contributed by atoms with E-state index in [4.69, 9.17) is 4.74 Å². The second-order valence-corrected chi connectivity index (χ2v) is 8.06. The zero-order valence-corrected chi connectivity index (χ0v) is 13.0. The summed E-state index contributed by atoms with van der Waals surface area (Å²) in [4.78, 5) is 14.7. The minimum Gasteiger partial charge on any atom is -0.365 e. The van der Waals surface area contributed by atoms with E-state index in [0.29, 0.717) is 19.7 Å². The molecule has 0 spiro atoms. The molecule has 0 aromatic rings. The van der Waals surface area contributed by atoms with E-state index in [2.05, 4.69) is 0 Å². The van der Waals surface area contributed by atoms with Crippen LogP contribution in [0.25, 0.3) is 0 Å². The molecule has 2 aliphatic rings. The molecule has 1 aliphatic heterocycles. The van der Waals surface area contributed by atoms with Gasteiger partial charge in [0.1, 0.15) is 5.60 Å². The first-order valence-corrected chi connectivity index (χ1v) is 8.60. The van der Waals surface area contributed by atoms with Gasteiger partial charge in [-0.3, -0.25) is 9.00 Å². The molecular weight excluding hydrogens is 262 g/mol. The van der Waals surface area contributed by atoms with Gasteiger partial charge in [0.05, 0.1) is 0 Å². The Morgan fingerprint density at radius 2 is 1.79 bits per heavy atom. The Bertz CT molecular complexity index is 352. The van der Waals surface area contributed by atoms with Gasteiger partial charge in [-0.2, -0.15) is 0 Å². The van der Waals surface area contributed by atoms with Crippen LogP contribution in [0.3, 0.4) is 0 Å². The Balaban J connectivity index is 2.12. The van der Waals surface area contributed by atoms with Crippen molar-refractivity contribution in [3.8, 4) is 0 Å². The molecule has 2 unspecified atom stereocenters. The largest absolute Gasteiger partial charge is 0.365 e. The molecule has 0 aromatic carbocycles. The Morgan fingerprint density at radius 1 is 1.26 bits per heavy atom. The third-order valence-electron chi connectivity index (χ3n) is 4.26. The second kappa shape index (κ2) is 5.92. The van der Waals surface area contributed by atoms with Crippen LogP contribution in [0, 0.1) is 0 Å². The molecule has 2 fully saturated rings. The molecular formula is C14H25NO3S. The summed E-state index contributed by atoms with van der Waals surface area (Å²) in [5.74, 6) is 0.127. The van der Waals surface area contributed by atoms with E-state index in [1.807, 2.05) is 25.7 Å². The smallest absolute Gasteiger partial charge is 0.254 e. The molecule has 1 heterocycles. The minimum absolute atomic E-state index is 0.0628. The SMILES string of the molecule is CCOC1(C(=O)N2CC(C)S(=O)C(C)C2)CCCC1. The number of ether oxygens (including phenoxy) is 1. The van der Waals surface area contributed by atoms with Crippen molar-refractivity contribution in [2.75, 3.05) is 19.7 Å². The van der Waals surface area contributed by atoms with Crippen molar-refractivity contribution in [3.05, 3.63) is 0 Å². The van der Waals surface area contributed by atoms with Crippen LogP contribution in [0.4, 0.5) is 0 Å². The highest BCUT2D eigenvalue weighted by Crippen LogP contribution is 2.35. The van der Waals surface area contributed by atoms with E-state index in [9.17, 15) is 9.00 Å². The summed E-state index contributed by atoms with van der Waals surface area (Å²) in [6.07, 6.45) is 3.80. The van der Waals surface area contributed by atoms with Crippen molar-refractivity contribution in [1.82, 2.24) is 4.90 Å². The molecule has 0 bridgehead atoms. The molecule has 110 valence electrons. The molecule has 2 rings (SSSR count). The summed E-state index contributed by atoms with van der Waals surface area (Å²) in [6.45, 7) is 7.66.